The largest absolute Gasteiger partial charge is 0.395 e. The number of benzene rings is 1. The van der Waals surface area contributed by atoms with E-state index >= 15 is 0 Å². The minimum absolute atomic E-state index is 0. The number of aliphatic hydroxyl groups is 1. The number of aromatic nitrogens is 3. The van der Waals surface area contributed by atoms with E-state index < -0.39 is 0 Å². The zero-order chi connectivity index (χ0) is 12.1. The molecule has 0 radical (unpaired) electrons. The summed E-state index contributed by atoms with van der Waals surface area (Å²) in [5.74, 6) is 0. The molecular weight excluding hydrogens is 252 g/mol. The van der Waals surface area contributed by atoms with Gasteiger partial charge in [-0.1, -0.05) is 30.3 Å². The van der Waals surface area contributed by atoms with Crippen LogP contribution in [0.3, 0.4) is 0 Å². The van der Waals surface area contributed by atoms with Crippen LogP contribution in [0.4, 0.5) is 0 Å². The van der Waals surface area contributed by atoms with Gasteiger partial charge in [-0.15, -0.1) is 12.4 Å². The Kier molecular flexibility index (Phi) is 5.77. The maximum absolute atomic E-state index is 8.73. The van der Waals surface area contributed by atoms with Crippen LogP contribution in [0.2, 0.25) is 0 Å². The van der Waals surface area contributed by atoms with Gasteiger partial charge in [0, 0.05) is 25.7 Å². The van der Waals surface area contributed by atoms with Crippen LogP contribution in [0.15, 0.2) is 30.3 Å². The van der Waals surface area contributed by atoms with Gasteiger partial charge in [-0.05, 0) is 0 Å². The van der Waals surface area contributed by atoms with Crippen molar-refractivity contribution < 1.29 is 5.11 Å². The van der Waals surface area contributed by atoms with Crippen molar-refractivity contribution in [2.45, 2.75) is 6.54 Å². The first kappa shape index (κ1) is 14.6. The SMILES string of the molecule is Cl.Cn1nc(CNCCO)c(-c2ccccc2)n1. The first-order valence-corrected chi connectivity index (χ1v) is 5.58. The van der Waals surface area contributed by atoms with E-state index in [4.69, 9.17) is 5.11 Å². The van der Waals surface area contributed by atoms with Crippen LogP contribution in [0.25, 0.3) is 11.3 Å². The first-order chi connectivity index (χ1) is 8.31. The molecule has 6 heteroatoms. The van der Waals surface area contributed by atoms with Gasteiger partial charge in [0.1, 0.15) is 11.4 Å². The molecule has 0 aliphatic rings. The monoisotopic (exact) mass is 268 g/mol. The van der Waals surface area contributed by atoms with E-state index in [0.717, 1.165) is 17.0 Å². The zero-order valence-corrected chi connectivity index (χ0v) is 11.0. The van der Waals surface area contributed by atoms with E-state index in [1.807, 2.05) is 37.4 Å². The molecule has 0 amide bonds. The summed E-state index contributed by atoms with van der Waals surface area (Å²) in [4.78, 5) is 1.57. The molecule has 18 heavy (non-hydrogen) atoms. The van der Waals surface area contributed by atoms with Crippen LogP contribution >= 0.6 is 12.4 Å². The van der Waals surface area contributed by atoms with Gasteiger partial charge in [0.25, 0.3) is 0 Å². The van der Waals surface area contributed by atoms with Crippen LogP contribution in [0.5, 0.6) is 0 Å². The standard InChI is InChI=1S/C12H16N4O.ClH/c1-16-14-11(9-13-7-8-17)12(15-16)10-5-3-2-4-6-10;/h2-6,13,17H,7-9H2,1H3;1H. The summed E-state index contributed by atoms with van der Waals surface area (Å²) < 4.78 is 0. The second-order valence-corrected chi connectivity index (χ2v) is 3.75. The van der Waals surface area contributed by atoms with E-state index in [1.165, 1.54) is 0 Å². The molecule has 2 rings (SSSR count). The highest BCUT2D eigenvalue weighted by Gasteiger charge is 2.10. The molecular formula is C12H17ClN4O. The molecule has 2 N–H and O–H groups in total. The molecule has 1 aromatic heterocycles. The third-order valence-corrected chi connectivity index (χ3v) is 2.41. The highest BCUT2D eigenvalue weighted by Crippen LogP contribution is 2.19. The molecule has 0 spiro atoms. The Balaban J connectivity index is 0.00000162. The number of aryl methyl sites for hydroxylation is 1. The molecule has 2 aromatic rings. The van der Waals surface area contributed by atoms with E-state index in [0.29, 0.717) is 13.1 Å². The Morgan fingerprint density at radius 1 is 1.22 bits per heavy atom. The lowest BCUT2D eigenvalue weighted by atomic mass is 10.1. The summed E-state index contributed by atoms with van der Waals surface area (Å²) in [5.41, 5.74) is 2.84. The van der Waals surface area contributed by atoms with Gasteiger partial charge in [-0.25, -0.2) is 0 Å². The first-order valence-electron chi connectivity index (χ1n) is 5.58. The molecule has 5 nitrogen and oxygen atoms in total. The third-order valence-electron chi connectivity index (χ3n) is 2.41. The Morgan fingerprint density at radius 2 is 1.94 bits per heavy atom. The molecule has 98 valence electrons. The second kappa shape index (κ2) is 7.10. The van der Waals surface area contributed by atoms with Gasteiger partial charge in [0.05, 0.1) is 6.61 Å². The Morgan fingerprint density at radius 3 is 2.61 bits per heavy atom. The molecule has 0 saturated carbocycles. The van der Waals surface area contributed by atoms with Crippen LogP contribution in [0.1, 0.15) is 5.69 Å². The van der Waals surface area contributed by atoms with Crippen molar-refractivity contribution in [2.75, 3.05) is 13.2 Å². The number of aliphatic hydroxyl groups excluding tert-OH is 1. The van der Waals surface area contributed by atoms with E-state index in [2.05, 4.69) is 15.5 Å². The number of halogens is 1. The van der Waals surface area contributed by atoms with Crippen molar-refractivity contribution in [3.63, 3.8) is 0 Å². The zero-order valence-electron chi connectivity index (χ0n) is 10.2. The minimum Gasteiger partial charge on any atom is -0.395 e. The summed E-state index contributed by atoms with van der Waals surface area (Å²) in [6, 6.07) is 9.96. The smallest absolute Gasteiger partial charge is 0.117 e. The lowest BCUT2D eigenvalue weighted by molar-refractivity contribution is 0.291. The maximum atomic E-state index is 8.73. The third kappa shape index (κ3) is 3.53. The van der Waals surface area contributed by atoms with Crippen molar-refractivity contribution in [3.8, 4) is 11.3 Å². The fourth-order valence-corrected chi connectivity index (χ4v) is 1.67. The van der Waals surface area contributed by atoms with Gasteiger partial charge in [0.2, 0.25) is 0 Å². The van der Waals surface area contributed by atoms with Crippen molar-refractivity contribution in [1.82, 2.24) is 20.3 Å². The fraction of sp³-hybridized carbons (Fsp3) is 0.333. The normalized spacial score (nSPS) is 10.1. The van der Waals surface area contributed by atoms with Crippen LogP contribution in [0, 0.1) is 0 Å². The molecule has 0 aliphatic carbocycles. The molecule has 1 heterocycles. The number of hydrogen-bond acceptors (Lipinski definition) is 4. The highest BCUT2D eigenvalue weighted by atomic mass is 35.5. The lowest BCUT2D eigenvalue weighted by Crippen LogP contribution is -2.18. The number of hydrogen-bond donors (Lipinski definition) is 2. The average Bonchev–Trinajstić information content (AvgIpc) is 2.72. The van der Waals surface area contributed by atoms with Crippen LogP contribution < -0.4 is 5.32 Å². The van der Waals surface area contributed by atoms with E-state index in [9.17, 15) is 0 Å². The summed E-state index contributed by atoms with van der Waals surface area (Å²) in [5, 5.41) is 20.5. The lowest BCUT2D eigenvalue weighted by Gasteiger charge is -2.01. The quantitative estimate of drug-likeness (QED) is 0.794. The second-order valence-electron chi connectivity index (χ2n) is 3.75. The minimum atomic E-state index is 0. The summed E-state index contributed by atoms with van der Waals surface area (Å²) in [7, 11) is 1.81. The Hall–Kier alpha value is -1.43. The number of nitrogens with zero attached hydrogens (tertiary/aromatic N) is 3. The number of rotatable bonds is 5. The van der Waals surface area contributed by atoms with Crippen molar-refractivity contribution >= 4 is 12.4 Å². The molecule has 0 unspecified atom stereocenters. The molecule has 0 fully saturated rings. The maximum Gasteiger partial charge on any atom is 0.117 e. The fourth-order valence-electron chi connectivity index (χ4n) is 1.67. The summed E-state index contributed by atoms with van der Waals surface area (Å²) in [6.07, 6.45) is 0. The summed E-state index contributed by atoms with van der Waals surface area (Å²) >= 11 is 0. The van der Waals surface area contributed by atoms with Gasteiger partial charge < -0.3 is 10.4 Å². The predicted molar refractivity (Wildman–Crippen MR) is 72.5 cm³/mol. The number of nitrogens with one attached hydrogen (secondary N) is 1. The molecule has 0 atom stereocenters. The molecule has 1 aromatic carbocycles. The highest BCUT2D eigenvalue weighted by molar-refractivity contribution is 5.85. The topological polar surface area (TPSA) is 63.0 Å². The average molecular weight is 269 g/mol. The van der Waals surface area contributed by atoms with E-state index in [-0.39, 0.29) is 19.0 Å². The van der Waals surface area contributed by atoms with E-state index in [1.54, 1.807) is 4.80 Å². The van der Waals surface area contributed by atoms with Crippen molar-refractivity contribution in [1.29, 1.82) is 0 Å². The Bertz CT molecular complexity index is 472. The Labute approximate surface area is 112 Å². The van der Waals surface area contributed by atoms with Crippen molar-refractivity contribution in [3.05, 3.63) is 36.0 Å². The molecule has 0 bridgehead atoms. The van der Waals surface area contributed by atoms with Crippen LogP contribution in [-0.2, 0) is 13.6 Å². The van der Waals surface area contributed by atoms with Gasteiger partial charge >= 0.3 is 0 Å². The predicted octanol–water partition coefficient (Wildman–Crippen LogP) is 0.986. The van der Waals surface area contributed by atoms with Gasteiger partial charge in [-0.2, -0.15) is 15.0 Å². The summed E-state index contributed by atoms with van der Waals surface area (Å²) in [6.45, 7) is 1.30. The van der Waals surface area contributed by atoms with Crippen LogP contribution in [-0.4, -0.2) is 33.3 Å². The molecule has 0 aliphatic heterocycles. The van der Waals surface area contributed by atoms with Gasteiger partial charge in [-0.3, -0.25) is 0 Å². The van der Waals surface area contributed by atoms with Crippen molar-refractivity contribution in [2.24, 2.45) is 7.05 Å². The molecule has 0 saturated heterocycles. The van der Waals surface area contributed by atoms with Gasteiger partial charge in [0.15, 0.2) is 0 Å².